The zero-order chi connectivity index (χ0) is 33.4. The van der Waals surface area contributed by atoms with Gasteiger partial charge in [-0.3, -0.25) is 14.7 Å². The number of carbonyl (C=O) groups is 1. The Morgan fingerprint density at radius 2 is 1.88 bits per heavy atom. The Balaban J connectivity index is 0.000000850. The zero-order valence-electron chi connectivity index (χ0n) is 27.2. The van der Waals surface area contributed by atoms with Crippen LogP contribution >= 0.6 is 11.6 Å². The first-order valence-corrected chi connectivity index (χ1v) is 17.1. The van der Waals surface area contributed by atoms with Crippen molar-refractivity contribution in [3.8, 4) is 17.3 Å². The molecule has 4 saturated heterocycles. The predicted octanol–water partition coefficient (Wildman–Crippen LogP) is 5.84. The number of aromatic nitrogens is 3. The first-order valence-electron chi connectivity index (χ1n) is 16.7. The highest BCUT2D eigenvalue weighted by atomic mass is 35.5. The van der Waals surface area contributed by atoms with Gasteiger partial charge in [0, 0.05) is 49.7 Å². The molecule has 0 unspecified atom stereocenters. The van der Waals surface area contributed by atoms with Crippen LogP contribution in [-0.4, -0.2) is 95.7 Å². The lowest BCUT2D eigenvalue weighted by molar-refractivity contribution is -0.131. The summed E-state index contributed by atoms with van der Waals surface area (Å²) in [7, 11) is 1.89. The summed E-state index contributed by atoms with van der Waals surface area (Å²) < 4.78 is 37.4. The van der Waals surface area contributed by atoms with E-state index in [9.17, 15) is 9.18 Å². The smallest absolute Gasteiger partial charge is 0.319 e. The van der Waals surface area contributed by atoms with Crippen molar-refractivity contribution in [2.75, 3.05) is 64.4 Å². The highest BCUT2D eigenvalue weighted by Gasteiger charge is 2.45. The Labute approximate surface area is 283 Å². The third-order valence-corrected chi connectivity index (χ3v) is 10.5. The van der Waals surface area contributed by atoms with E-state index in [4.69, 9.17) is 21.3 Å². The van der Waals surface area contributed by atoms with Gasteiger partial charge in [-0.1, -0.05) is 42.4 Å². The molecule has 9 nitrogen and oxygen atoms in total. The highest BCUT2D eigenvalue weighted by molar-refractivity contribution is 6.36. The Hall–Kier alpha value is -3.93. The maximum atomic E-state index is 16.6. The summed E-state index contributed by atoms with van der Waals surface area (Å²) in [4.78, 5) is 32.0. The molecule has 4 aromatic rings. The maximum absolute atomic E-state index is 16.6. The van der Waals surface area contributed by atoms with Crippen LogP contribution in [0.15, 0.2) is 49.2 Å². The fourth-order valence-corrected chi connectivity index (χ4v) is 7.65. The number of halogens is 3. The van der Waals surface area contributed by atoms with Gasteiger partial charge in [-0.2, -0.15) is 9.97 Å². The summed E-state index contributed by atoms with van der Waals surface area (Å²) in [6.45, 7) is 10.4. The van der Waals surface area contributed by atoms with Crippen LogP contribution in [0.5, 0.6) is 6.01 Å². The number of fused-ring (bicyclic) bond motifs is 3. The quantitative estimate of drug-likeness (QED) is 0.233. The van der Waals surface area contributed by atoms with Crippen LogP contribution in [0.2, 0.25) is 5.02 Å². The number of hydrogen-bond donors (Lipinski definition) is 1. The Morgan fingerprint density at radius 1 is 1.15 bits per heavy atom. The number of ether oxygens (including phenoxy) is 1. The number of benzene rings is 2. The molecule has 252 valence electrons. The first-order chi connectivity index (χ1) is 23.3. The van der Waals surface area contributed by atoms with Gasteiger partial charge in [0.05, 0.1) is 15.9 Å². The summed E-state index contributed by atoms with van der Waals surface area (Å²) in [5.41, 5.74) is 0.414. The SMILES string of the molecule is C1CNC1.C=CC(=O)N1CC(CN(C)c2nc(OCC34CCCN3CCC4)nc3c(F)c(-c4cccc5ccc(F)c(Cl)c45)ncc23)C1. The first kappa shape index (κ1) is 32.6. The van der Waals surface area contributed by atoms with Crippen molar-refractivity contribution in [2.24, 2.45) is 5.92 Å². The number of carbonyl (C=O) groups excluding carboxylic acids is 1. The monoisotopic (exact) mass is 675 g/mol. The molecular weight excluding hydrogens is 636 g/mol. The highest BCUT2D eigenvalue weighted by Crippen LogP contribution is 2.40. The number of anilines is 1. The largest absolute Gasteiger partial charge is 0.461 e. The molecule has 4 aliphatic heterocycles. The van der Waals surface area contributed by atoms with Gasteiger partial charge in [-0.05, 0) is 75.8 Å². The van der Waals surface area contributed by atoms with Gasteiger partial charge in [-0.15, -0.1) is 0 Å². The second kappa shape index (κ2) is 13.5. The lowest BCUT2D eigenvalue weighted by Gasteiger charge is -2.40. The Bertz CT molecular complexity index is 1850. The van der Waals surface area contributed by atoms with Crippen molar-refractivity contribution >= 4 is 45.0 Å². The minimum absolute atomic E-state index is 0.0165. The number of rotatable bonds is 8. The molecule has 4 fully saturated rings. The van der Waals surface area contributed by atoms with Gasteiger partial charge in [0.15, 0.2) is 5.82 Å². The fraction of sp³-hybridized carbons (Fsp3) is 0.444. The third kappa shape index (κ3) is 6.08. The van der Waals surface area contributed by atoms with Crippen molar-refractivity contribution in [3.05, 3.63) is 65.8 Å². The minimum Gasteiger partial charge on any atom is -0.461 e. The number of nitrogens with one attached hydrogen (secondary N) is 1. The van der Waals surface area contributed by atoms with Crippen molar-refractivity contribution in [1.82, 2.24) is 30.1 Å². The van der Waals surface area contributed by atoms with Crippen LogP contribution in [0.3, 0.4) is 0 Å². The molecule has 1 N–H and O–H groups in total. The average Bonchev–Trinajstić information content (AvgIpc) is 3.63. The molecule has 0 atom stereocenters. The van der Waals surface area contributed by atoms with Crippen LogP contribution in [-0.2, 0) is 4.79 Å². The van der Waals surface area contributed by atoms with E-state index in [1.807, 2.05) is 11.9 Å². The molecule has 6 heterocycles. The molecule has 4 aliphatic rings. The molecule has 12 heteroatoms. The lowest BCUT2D eigenvalue weighted by Crippen LogP contribution is -2.53. The lowest BCUT2D eigenvalue weighted by atomic mass is 9.95. The molecule has 2 aromatic carbocycles. The van der Waals surface area contributed by atoms with Crippen molar-refractivity contribution in [3.63, 3.8) is 0 Å². The van der Waals surface area contributed by atoms with E-state index in [0.717, 1.165) is 38.8 Å². The molecule has 48 heavy (non-hydrogen) atoms. The molecule has 1 amide bonds. The average molecular weight is 676 g/mol. The number of pyridine rings is 1. The van der Waals surface area contributed by atoms with Crippen LogP contribution in [0.4, 0.5) is 14.6 Å². The van der Waals surface area contributed by atoms with Gasteiger partial charge >= 0.3 is 6.01 Å². The normalized spacial score (nSPS) is 18.5. The van der Waals surface area contributed by atoms with Gasteiger partial charge in [0.25, 0.3) is 0 Å². The topological polar surface area (TPSA) is 86.7 Å². The van der Waals surface area contributed by atoms with E-state index in [2.05, 4.69) is 26.8 Å². The molecule has 8 rings (SSSR count). The predicted molar refractivity (Wildman–Crippen MR) is 184 cm³/mol. The van der Waals surface area contributed by atoms with E-state index in [-0.39, 0.29) is 39.6 Å². The fourth-order valence-electron chi connectivity index (χ4n) is 7.38. The van der Waals surface area contributed by atoms with Gasteiger partial charge < -0.3 is 19.9 Å². The second-order valence-corrected chi connectivity index (χ2v) is 13.7. The number of nitrogens with zero attached hydrogens (tertiary/aromatic N) is 6. The molecule has 0 bridgehead atoms. The van der Waals surface area contributed by atoms with E-state index in [0.29, 0.717) is 53.8 Å². The van der Waals surface area contributed by atoms with Gasteiger partial charge in [-0.25, -0.2) is 8.78 Å². The number of hydrogen-bond acceptors (Lipinski definition) is 8. The van der Waals surface area contributed by atoms with Crippen LogP contribution in [0.25, 0.3) is 32.9 Å². The van der Waals surface area contributed by atoms with Crippen LogP contribution < -0.4 is 15.0 Å². The summed E-state index contributed by atoms with van der Waals surface area (Å²) in [5, 5.41) is 4.50. The van der Waals surface area contributed by atoms with E-state index in [1.54, 1.807) is 35.4 Å². The molecule has 0 aliphatic carbocycles. The Morgan fingerprint density at radius 3 is 2.56 bits per heavy atom. The minimum atomic E-state index is -0.662. The molecule has 0 radical (unpaired) electrons. The maximum Gasteiger partial charge on any atom is 0.319 e. The van der Waals surface area contributed by atoms with E-state index >= 15 is 4.39 Å². The van der Waals surface area contributed by atoms with Crippen molar-refractivity contribution in [1.29, 1.82) is 0 Å². The third-order valence-electron chi connectivity index (χ3n) is 10.2. The van der Waals surface area contributed by atoms with Crippen molar-refractivity contribution in [2.45, 2.75) is 37.6 Å². The molecule has 0 saturated carbocycles. The summed E-state index contributed by atoms with van der Waals surface area (Å²) in [5.74, 6) is -0.638. The van der Waals surface area contributed by atoms with Crippen molar-refractivity contribution < 1.29 is 18.3 Å². The zero-order valence-corrected chi connectivity index (χ0v) is 27.9. The summed E-state index contributed by atoms with van der Waals surface area (Å²) in [6, 6.07) is 8.24. The van der Waals surface area contributed by atoms with Crippen LogP contribution in [0, 0.1) is 17.6 Å². The number of likely N-dealkylation sites (tertiary alicyclic amines) is 1. The summed E-state index contributed by atoms with van der Waals surface area (Å²) in [6.07, 6.45) is 8.62. The number of amides is 1. The van der Waals surface area contributed by atoms with Gasteiger partial charge in [0.2, 0.25) is 5.91 Å². The molecule has 0 spiro atoms. The molecular formula is C36H40ClF2N7O2. The molecule has 2 aromatic heterocycles. The van der Waals surface area contributed by atoms with Crippen LogP contribution in [0.1, 0.15) is 32.1 Å². The van der Waals surface area contributed by atoms with Gasteiger partial charge in [0.1, 0.15) is 29.5 Å². The standard InChI is InChI=1S/C33H33ClF2N6O2.C3H7N/c1-3-25(43)41-17-20(18-41)16-40(2)31-23-15-37-29(22-8-4-7-21-9-10-24(35)27(34)26(21)22)28(36)30(23)38-32(39-31)44-19-33-11-5-13-42(33)14-6-12-33;1-2-4-3-1/h3-4,7-10,15,20H,1,5-6,11-14,16-19H2,2H3;4H,1-3H2. The summed E-state index contributed by atoms with van der Waals surface area (Å²) >= 11 is 6.39. The van der Waals surface area contributed by atoms with E-state index in [1.165, 1.54) is 31.7 Å². The van der Waals surface area contributed by atoms with E-state index < -0.39 is 11.6 Å². The second-order valence-electron chi connectivity index (χ2n) is 13.3. The Kier molecular flexibility index (Phi) is 9.19.